The molecule has 0 saturated carbocycles. The number of para-hydroxylation sites is 1. The average Bonchev–Trinajstić information content (AvgIpc) is 3.09. The zero-order valence-electron chi connectivity index (χ0n) is 16.1. The first-order valence-electron chi connectivity index (χ1n) is 9.88. The fourth-order valence-electron chi connectivity index (χ4n) is 5.27. The van der Waals surface area contributed by atoms with E-state index in [0.717, 1.165) is 25.4 Å². The van der Waals surface area contributed by atoms with E-state index in [9.17, 15) is 4.79 Å². The summed E-state index contributed by atoms with van der Waals surface area (Å²) in [7, 11) is 1.73. The van der Waals surface area contributed by atoms with Gasteiger partial charge in [0.15, 0.2) is 0 Å². The molecular formula is C21H30N2O3. The van der Waals surface area contributed by atoms with Crippen molar-refractivity contribution in [1.29, 1.82) is 0 Å². The van der Waals surface area contributed by atoms with E-state index in [4.69, 9.17) is 9.47 Å². The predicted octanol–water partition coefficient (Wildman–Crippen LogP) is 2.51. The van der Waals surface area contributed by atoms with Gasteiger partial charge in [0.25, 0.3) is 0 Å². The first-order valence-corrected chi connectivity index (χ1v) is 9.88. The maximum absolute atomic E-state index is 13.0. The lowest BCUT2D eigenvalue weighted by molar-refractivity contribution is -0.142. The van der Waals surface area contributed by atoms with Gasteiger partial charge < -0.3 is 14.4 Å². The lowest BCUT2D eigenvalue weighted by Gasteiger charge is -2.51. The van der Waals surface area contributed by atoms with Crippen LogP contribution in [0.5, 0.6) is 5.75 Å². The van der Waals surface area contributed by atoms with Crippen LogP contribution in [0.2, 0.25) is 0 Å². The van der Waals surface area contributed by atoms with Gasteiger partial charge in [0.2, 0.25) is 5.91 Å². The molecule has 4 aliphatic rings. The van der Waals surface area contributed by atoms with Crippen molar-refractivity contribution < 1.29 is 14.3 Å². The van der Waals surface area contributed by atoms with E-state index in [1.807, 2.05) is 26.0 Å². The number of fused-ring (bicyclic) bond motifs is 2. The molecule has 1 aromatic carbocycles. The van der Waals surface area contributed by atoms with Crippen molar-refractivity contribution in [3.63, 3.8) is 0 Å². The number of amides is 1. The number of methoxy groups -OCH3 is 1. The Morgan fingerprint density at radius 1 is 1.19 bits per heavy atom. The zero-order chi connectivity index (χ0) is 18.3. The number of carbonyl (C=O) groups excluding carboxylic acids is 1. The van der Waals surface area contributed by atoms with Gasteiger partial charge in [0.1, 0.15) is 12.4 Å². The van der Waals surface area contributed by atoms with Gasteiger partial charge in [-0.15, -0.1) is 0 Å². The quantitative estimate of drug-likeness (QED) is 0.811. The highest BCUT2D eigenvalue weighted by Crippen LogP contribution is 2.48. The molecule has 0 N–H and O–H groups in total. The molecule has 26 heavy (non-hydrogen) atoms. The molecule has 4 heterocycles. The molecule has 0 aromatic heterocycles. The Balaban J connectivity index is 1.65. The molecule has 0 aliphatic carbocycles. The van der Waals surface area contributed by atoms with Gasteiger partial charge in [0.05, 0.1) is 19.3 Å². The summed E-state index contributed by atoms with van der Waals surface area (Å²) in [6, 6.07) is 9.02. The van der Waals surface area contributed by atoms with E-state index in [-0.39, 0.29) is 18.6 Å². The molecule has 0 unspecified atom stereocenters. The molecule has 4 saturated heterocycles. The molecule has 4 fully saturated rings. The molecule has 0 radical (unpaired) electrons. The van der Waals surface area contributed by atoms with E-state index in [1.54, 1.807) is 7.11 Å². The van der Waals surface area contributed by atoms with Crippen molar-refractivity contribution in [3.05, 3.63) is 29.8 Å². The number of likely N-dealkylation sites (tertiary alicyclic amines) is 1. The number of hydrogen-bond acceptors (Lipinski definition) is 4. The van der Waals surface area contributed by atoms with Gasteiger partial charge >= 0.3 is 0 Å². The van der Waals surface area contributed by atoms with Crippen LogP contribution in [0.1, 0.15) is 38.2 Å². The van der Waals surface area contributed by atoms with Crippen LogP contribution in [0.4, 0.5) is 0 Å². The fourth-order valence-corrected chi connectivity index (χ4v) is 5.27. The smallest absolute Gasteiger partial charge is 0.248 e. The molecule has 142 valence electrons. The summed E-state index contributed by atoms with van der Waals surface area (Å²) in [5.74, 6) is 2.00. The zero-order valence-corrected chi connectivity index (χ0v) is 16.1. The highest BCUT2D eigenvalue weighted by Gasteiger charge is 2.54. The fraction of sp³-hybridized carbons (Fsp3) is 0.667. The number of carbonyl (C=O) groups is 1. The second kappa shape index (κ2) is 7.20. The predicted molar refractivity (Wildman–Crippen MR) is 100 cm³/mol. The van der Waals surface area contributed by atoms with Crippen LogP contribution >= 0.6 is 0 Å². The molecule has 1 amide bonds. The first kappa shape index (κ1) is 17.8. The molecular weight excluding hydrogens is 328 g/mol. The van der Waals surface area contributed by atoms with E-state index >= 15 is 0 Å². The number of piperidine rings is 3. The molecule has 2 bridgehead atoms. The third kappa shape index (κ3) is 3.01. The second-order valence-electron chi connectivity index (χ2n) is 8.11. The maximum Gasteiger partial charge on any atom is 0.248 e. The molecule has 5 heteroatoms. The molecule has 5 rings (SSSR count). The Hall–Kier alpha value is -1.59. The highest BCUT2D eigenvalue weighted by molar-refractivity contribution is 5.78. The topological polar surface area (TPSA) is 42.0 Å². The summed E-state index contributed by atoms with van der Waals surface area (Å²) in [6.07, 6.45) is 2.48. The van der Waals surface area contributed by atoms with E-state index in [1.165, 1.54) is 18.4 Å². The van der Waals surface area contributed by atoms with Gasteiger partial charge in [0, 0.05) is 24.1 Å². The Labute approximate surface area is 156 Å². The van der Waals surface area contributed by atoms with E-state index in [2.05, 4.69) is 21.9 Å². The maximum atomic E-state index is 13.0. The first-order chi connectivity index (χ1) is 12.6. The van der Waals surface area contributed by atoms with Gasteiger partial charge in [-0.3, -0.25) is 9.69 Å². The summed E-state index contributed by atoms with van der Waals surface area (Å²) in [4.78, 5) is 17.7. The Bertz CT molecular complexity index is 654. The number of ether oxygens (including phenoxy) is 2. The summed E-state index contributed by atoms with van der Waals surface area (Å²) in [6.45, 7) is 7.22. The Kier molecular flexibility index (Phi) is 4.93. The van der Waals surface area contributed by atoms with Crippen LogP contribution in [0.25, 0.3) is 0 Å². The lowest BCUT2D eigenvalue weighted by atomic mass is 9.75. The van der Waals surface area contributed by atoms with Crippen LogP contribution in [-0.2, 0) is 9.53 Å². The second-order valence-corrected chi connectivity index (χ2v) is 8.11. The third-order valence-corrected chi connectivity index (χ3v) is 6.39. The minimum absolute atomic E-state index is 0.0777. The summed E-state index contributed by atoms with van der Waals surface area (Å²) >= 11 is 0. The van der Waals surface area contributed by atoms with Crippen molar-refractivity contribution >= 4 is 5.91 Å². The number of hydrogen-bond donors (Lipinski definition) is 0. The number of rotatable bonds is 5. The summed E-state index contributed by atoms with van der Waals surface area (Å²) in [5.41, 5.74) is 1.23. The number of nitrogens with zero attached hydrogens (tertiary/aromatic N) is 2. The third-order valence-electron chi connectivity index (χ3n) is 6.39. The summed E-state index contributed by atoms with van der Waals surface area (Å²) < 4.78 is 11.3. The van der Waals surface area contributed by atoms with Gasteiger partial charge in [-0.25, -0.2) is 0 Å². The normalized spacial score (nSPS) is 32.8. The SMILES string of the molecule is COc1ccccc1[C@H]1CN(C(=O)COC(C)C)[C@@H]2C3CCN(CC3)[C@H]12. The molecule has 3 atom stereocenters. The van der Waals surface area contributed by atoms with Crippen molar-refractivity contribution in [2.45, 2.75) is 50.8 Å². The van der Waals surface area contributed by atoms with Crippen molar-refractivity contribution in [2.75, 3.05) is 33.4 Å². The van der Waals surface area contributed by atoms with E-state index < -0.39 is 0 Å². The van der Waals surface area contributed by atoms with Gasteiger partial charge in [-0.05, 0) is 51.8 Å². The van der Waals surface area contributed by atoms with Crippen molar-refractivity contribution in [2.24, 2.45) is 5.92 Å². The summed E-state index contributed by atoms with van der Waals surface area (Å²) in [5, 5.41) is 0. The van der Waals surface area contributed by atoms with Gasteiger partial charge in [-0.2, -0.15) is 0 Å². The van der Waals surface area contributed by atoms with Gasteiger partial charge in [-0.1, -0.05) is 18.2 Å². The van der Waals surface area contributed by atoms with Crippen molar-refractivity contribution in [1.82, 2.24) is 9.80 Å². The van der Waals surface area contributed by atoms with Crippen LogP contribution in [0, 0.1) is 5.92 Å². The van der Waals surface area contributed by atoms with Crippen molar-refractivity contribution in [3.8, 4) is 5.75 Å². The minimum Gasteiger partial charge on any atom is -0.496 e. The molecule has 4 aliphatic heterocycles. The standard InChI is InChI=1S/C21H30N2O3/c1-14(2)26-13-19(24)23-12-17(16-6-4-5-7-18(16)25-3)21-20(23)15-8-10-22(21)11-9-15/h4-7,14-15,17,20-21H,8-13H2,1-3H3/t17-,20-,21-/m1/s1. The monoisotopic (exact) mass is 358 g/mol. The molecule has 5 nitrogen and oxygen atoms in total. The molecule has 1 aromatic rings. The lowest BCUT2D eigenvalue weighted by Crippen LogP contribution is -2.61. The average molecular weight is 358 g/mol. The Morgan fingerprint density at radius 3 is 2.62 bits per heavy atom. The minimum atomic E-state index is 0.0777. The highest BCUT2D eigenvalue weighted by atomic mass is 16.5. The molecule has 0 spiro atoms. The van der Waals surface area contributed by atoms with Crippen LogP contribution in [0.3, 0.4) is 0 Å². The van der Waals surface area contributed by atoms with Crippen LogP contribution in [0.15, 0.2) is 24.3 Å². The van der Waals surface area contributed by atoms with E-state index in [0.29, 0.717) is 23.9 Å². The Morgan fingerprint density at radius 2 is 1.92 bits per heavy atom. The largest absolute Gasteiger partial charge is 0.496 e. The number of benzene rings is 1. The van der Waals surface area contributed by atoms with Crippen LogP contribution in [-0.4, -0.2) is 67.2 Å². The van der Waals surface area contributed by atoms with Crippen LogP contribution < -0.4 is 4.74 Å².